The molecule has 6 heteroatoms. The van der Waals surface area contributed by atoms with Crippen LogP contribution in [0.3, 0.4) is 0 Å². The molecule has 0 radical (unpaired) electrons. The lowest BCUT2D eigenvalue weighted by molar-refractivity contribution is 0.882. The van der Waals surface area contributed by atoms with Gasteiger partial charge in [0.25, 0.3) is 0 Å². The third-order valence-electron chi connectivity index (χ3n) is 2.15. The van der Waals surface area contributed by atoms with Crippen molar-refractivity contribution in [3.63, 3.8) is 0 Å². The molecular formula is C13H16Cl2N4. The molecule has 2 rings (SSSR count). The first-order valence-electron chi connectivity index (χ1n) is 5.43. The van der Waals surface area contributed by atoms with Crippen LogP contribution < -0.4 is 22.9 Å². The Morgan fingerprint density at radius 2 is 0.842 bits per heavy atom. The summed E-state index contributed by atoms with van der Waals surface area (Å²) in [6.07, 6.45) is 0. The molecule has 0 aliphatic carbocycles. The third-order valence-corrected chi connectivity index (χ3v) is 2.15. The Labute approximate surface area is 122 Å². The summed E-state index contributed by atoms with van der Waals surface area (Å²) in [6, 6.07) is 15.6. The Morgan fingerprint density at radius 1 is 0.632 bits per heavy atom. The van der Waals surface area contributed by atoms with E-state index in [9.17, 15) is 0 Å². The van der Waals surface area contributed by atoms with Crippen molar-refractivity contribution in [2.75, 3.05) is 11.5 Å². The maximum atomic E-state index is 5.61. The Hall–Kier alpha value is -1.46. The molecule has 0 aromatic heterocycles. The number of nitrogen functional groups attached to an aromatic ring is 2. The lowest BCUT2D eigenvalue weighted by Gasteiger charge is -2.02. The van der Waals surface area contributed by atoms with E-state index in [1.165, 1.54) is 0 Å². The largest absolute Gasteiger partial charge is 0.399 e. The molecule has 0 spiro atoms. The molecular weight excluding hydrogens is 283 g/mol. The molecule has 0 heterocycles. The van der Waals surface area contributed by atoms with Gasteiger partial charge in [-0.3, -0.25) is 11.5 Å². The molecule has 2 aromatic rings. The molecule has 2 aromatic carbocycles. The van der Waals surface area contributed by atoms with Gasteiger partial charge in [0.05, 0.1) is 0 Å². The number of hydrogen-bond donors (Lipinski definition) is 4. The molecule has 0 aliphatic heterocycles. The fourth-order valence-electron chi connectivity index (χ4n) is 1.35. The van der Waals surface area contributed by atoms with E-state index < -0.39 is 4.58 Å². The normalized spacial score (nSPS) is 10.5. The van der Waals surface area contributed by atoms with Crippen molar-refractivity contribution >= 4 is 34.6 Å². The molecule has 102 valence electrons. The van der Waals surface area contributed by atoms with E-state index in [4.69, 9.17) is 34.7 Å². The fraction of sp³-hybridized carbons (Fsp3) is 0.0769. The zero-order valence-electron chi connectivity index (χ0n) is 10.2. The topological polar surface area (TPSA) is 104 Å². The maximum Gasteiger partial charge on any atom is 0.219 e. The Balaban J connectivity index is 0.000000312. The monoisotopic (exact) mass is 298 g/mol. The highest BCUT2D eigenvalue weighted by atomic mass is 35.5. The van der Waals surface area contributed by atoms with Gasteiger partial charge in [-0.05, 0) is 35.4 Å². The molecule has 0 aliphatic rings. The van der Waals surface area contributed by atoms with Crippen LogP contribution in [0.25, 0.3) is 11.1 Å². The summed E-state index contributed by atoms with van der Waals surface area (Å²) >= 11 is 9.70. The van der Waals surface area contributed by atoms with Crippen molar-refractivity contribution in [3.05, 3.63) is 48.5 Å². The predicted molar refractivity (Wildman–Crippen MR) is 83.5 cm³/mol. The van der Waals surface area contributed by atoms with Gasteiger partial charge in [0.15, 0.2) is 0 Å². The van der Waals surface area contributed by atoms with Crippen molar-refractivity contribution in [1.29, 1.82) is 0 Å². The van der Waals surface area contributed by atoms with Gasteiger partial charge in [0, 0.05) is 11.4 Å². The van der Waals surface area contributed by atoms with Crippen LogP contribution in [0.15, 0.2) is 48.5 Å². The maximum absolute atomic E-state index is 5.61. The quantitative estimate of drug-likeness (QED) is 0.281. The van der Waals surface area contributed by atoms with Gasteiger partial charge in [-0.1, -0.05) is 47.5 Å². The van der Waals surface area contributed by atoms with Crippen molar-refractivity contribution < 1.29 is 0 Å². The number of nitrogens with two attached hydrogens (primary N) is 4. The molecule has 0 atom stereocenters. The minimum absolute atomic E-state index is 0.782. The number of halogens is 2. The van der Waals surface area contributed by atoms with Gasteiger partial charge in [0.2, 0.25) is 4.58 Å². The first kappa shape index (κ1) is 15.6. The predicted octanol–water partition coefficient (Wildman–Crippen LogP) is 2.51. The summed E-state index contributed by atoms with van der Waals surface area (Å²) in [5, 5.41) is 0. The molecule has 4 nitrogen and oxygen atoms in total. The number of hydrogen-bond acceptors (Lipinski definition) is 4. The van der Waals surface area contributed by atoms with Crippen molar-refractivity contribution in [2.45, 2.75) is 4.58 Å². The summed E-state index contributed by atoms with van der Waals surface area (Å²) in [5.74, 6) is 0. The van der Waals surface area contributed by atoms with Crippen LogP contribution in [0.1, 0.15) is 0 Å². The van der Waals surface area contributed by atoms with Crippen LogP contribution >= 0.6 is 23.2 Å². The first-order chi connectivity index (χ1) is 8.75. The molecule has 0 amide bonds. The molecule has 0 bridgehead atoms. The number of benzene rings is 2. The fourth-order valence-corrected chi connectivity index (χ4v) is 1.35. The molecule has 0 saturated carbocycles. The van der Waals surface area contributed by atoms with Gasteiger partial charge < -0.3 is 11.5 Å². The van der Waals surface area contributed by atoms with Gasteiger partial charge in [-0.2, -0.15) is 0 Å². The van der Waals surface area contributed by atoms with E-state index in [-0.39, 0.29) is 0 Å². The van der Waals surface area contributed by atoms with E-state index in [1.807, 2.05) is 48.5 Å². The van der Waals surface area contributed by atoms with Crippen LogP contribution in [-0.4, -0.2) is 4.58 Å². The Kier molecular flexibility index (Phi) is 5.44. The van der Waals surface area contributed by atoms with Crippen LogP contribution in [0, 0.1) is 0 Å². The summed E-state index contributed by atoms with van der Waals surface area (Å²) in [5.41, 5.74) is 24.4. The summed E-state index contributed by atoms with van der Waals surface area (Å²) < 4.78 is -1.56. The van der Waals surface area contributed by atoms with E-state index in [2.05, 4.69) is 11.5 Å². The van der Waals surface area contributed by atoms with E-state index in [0.29, 0.717) is 0 Å². The molecule has 8 N–H and O–H groups in total. The summed E-state index contributed by atoms with van der Waals surface area (Å²) in [7, 11) is 0. The SMILES string of the molecule is NC(N)(Cl)Cl.Nc1ccc(-c2ccc(N)cc2)cc1. The lowest BCUT2D eigenvalue weighted by Crippen LogP contribution is -2.36. The van der Waals surface area contributed by atoms with Crippen LogP contribution in [0.2, 0.25) is 0 Å². The van der Waals surface area contributed by atoms with E-state index >= 15 is 0 Å². The second kappa shape index (κ2) is 6.63. The second-order valence-corrected chi connectivity index (χ2v) is 5.36. The number of anilines is 2. The van der Waals surface area contributed by atoms with E-state index in [1.54, 1.807) is 0 Å². The molecule has 0 saturated heterocycles. The zero-order valence-corrected chi connectivity index (χ0v) is 11.7. The highest BCUT2D eigenvalue weighted by Crippen LogP contribution is 2.21. The highest BCUT2D eigenvalue weighted by molar-refractivity contribution is 6.47. The summed E-state index contributed by atoms with van der Waals surface area (Å²) in [6.45, 7) is 0. The summed E-state index contributed by atoms with van der Waals surface area (Å²) in [4.78, 5) is 0. The highest BCUT2D eigenvalue weighted by Gasteiger charge is 2.04. The van der Waals surface area contributed by atoms with E-state index in [0.717, 1.165) is 22.5 Å². The van der Waals surface area contributed by atoms with Gasteiger partial charge >= 0.3 is 0 Å². The zero-order chi connectivity index (χ0) is 14.5. The lowest BCUT2D eigenvalue weighted by atomic mass is 10.1. The Bertz CT molecular complexity index is 454. The molecule has 0 fully saturated rings. The van der Waals surface area contributed by atoms with Gasteiger partial charge in [-0.15, -0.1) is 0 Å². The standard InChI is InChI=1S/C12H12N2.CH4Cl2N2/c13-11-5-1-9(2-6-11)10-3-7-12(14)8-4-10;2-1(3,4)5/h1-8H,13-14H2;4-5H2. The van der Waals surface area contributed by atoms with Crippen LogP contribution in [-0.2, 0) is 0 Å². The minimum Gasteiger partial charge on any atom is -0.399 e. The van der Waals surface area contributed by atoms with Gasteiger partial charge in [0.1, 0.15) is 0 Å². The van der Waals surface area contributed by atoms with Crippen LogP contribution in [0.4, 0.5) is 11.4 Å². The first-order valence-corrected chi connectivity index (χ1v) is 6.18. The third kappa shape index (κ3) is 6.88. The van der Waals surface area contributed by atoms with Crippen molar-refractivity contribution in [1.82, 2.24) is 0 Å². The second-order valence-electron chi connectivity index (χ2n) is 3.92. The van der Waals surface area contributed by atoms with Crippen LogP contribution in [0.5, 0.6) is 0 Å². The number of rotatable bonds is 1. The Morgan fingerprint density at radius 3 is 1.05 bits per heavy atom. The number of alkyl halides is 2. The molecule has 0 unspecified atom stereocenters. The van der Waals surface area contributed by atoms with Crippen molar-refractivity contribution in [3.8, 4) is 11.1 Å². The van der Waals surface area contributed by atoms with Crippen molar-refractivity contribution in [2.24, 2.45) is 11.5 Å². The molecule has 19 heavy (non-hydrogen) atoms. The average Bonchev–Trinajstić information content (AvgIpc) is 2.29. The van der Waals surface area contributed by atoms with Gasteiger partial charge in [-0.25, -0.2) is 0 Å². The average molecular weight is 299 g/mol. The minimum atomic E-state index is -1.56. The smallest absolute Gasteiger partial charge is 0.219 e.